The van der Waals surface area contributed by atoms with Gasteiger partial charge in [0.05, 0.1) is 25.3 Å². The van der Waals surface area contributed by atoms with Crippen molar-refractivity contribution in [2.24, 2.45) is 5.73 Å². The average Bonchev–Trinajstić information content (AvgIpc) is 2.44. The lowest BCUT2D eigenvalue weighted by molar-refractivity contribution is 0.0178. The molecule has 1 unspecified atom stereocenters. The third-order valence-electron chi connectivity index (χ3n) is 3.37. The highest BCUT2D eigenvalue weighted by atomic mass is 35.5. The summed E-state index contributed by atoms with van der Waals surface area (Å²) in [6.45, 7) is 3.56. The molecule has 0 amide bonds. The molecule has 1 aromatic carbocycles. The van der Waals surface area contributed by atoms with Crippen LogP contribution in [0, 0.1) is 0 Å². The number of halogens is 1. The van der Waals surface area contributed by atoms with E-state index in [0.717, 1.165) is 18.7 Å². The Morgan fingerprint density at radius 1 is 1.47 bits per heavy atom. The molecule has 1 aliphatic rings. The van der Waals surface area contributed by atoms with Crippen LogP contribution in [0.4, 0.5) is 0 Å². The number of hydrogen-bond donors (Lipinski definition) is 2. The molecule has 5 nitrogen and oxygen atoms in total. The fourth-order valence-corrected chi connectivity index (χ4v) is 2.55. The van der Waals surface area contributed by atoms with E-state index in [1.807, 2.05) is 0 Å². The maximum atomic E-state index is 9.77. The summed E-state index contributed by atoms with van der Waals surface area (Å²) in [7, 11) is 1.50. The van der Waals surface area contributed by atoms with Gasteiger partial charge in [0.15, 0.2) is 11.5 Å². The first-order valence-corrected chi connectivity index (χ1v) is 6.63. The van der Waals surface area contributed by atoms with Crippen LogP contribution in [0.3, 0.4) is 0 Å². The van der Waals surface area contributed by atoms with Gasteiger partial charge in [0.1, 0.15) is 0 Å². The second kappa shape index (κ2) is 6.43. The second-order valence-corrected chi connectivity index (χ2v) is 4.86. The SMILES string of the molecule is COc1cc(C(CN)N2CCOCC2)cc(Cl)c1O. The van der Waals surface area contributed by atoms with E-state index in [0.29, 0.717) is 25.5 Å². The highest BCUT2D eigenvalue weighted by molar-refractivity contribution is 6.32. The van der Waals surface area contributed by atoms with Gasteiger partial charge >= 0.3 is 0 Å². The van der Waals surface area contributed by atoms with Crippen LogP contribution < -0.4 is 10.5 Å². The molecule has 0 aliphatic carbocycles. The van der Waals surface area contributed by atoms with E-state index in [1.54, 1.807) is 12.1 Å². The van der Waals surface area contributed by atoms with E-state index in [1.165, 1.54) is 7.11 Å². The van der Waals surface area contributed by atoms with E-state index >= 15 is 0 Å². The number of phenolic OH excluding ortho intramolecular Hbond substituents is 1. The molecule has 1 aromatic rings. The van der Waals surface area contributed by atoms with E-state index < -0.39 is 0 Å². The van der Waals surface area contributed by atoms with Gasteiger partial charge in [0, 0.05) is 25.7 Å². The average molecular weight is 287 g/mol. The quantitative estimate of drug-likeness (QED) is 0.875. The molecule has 1 saturated heterocycles. The van der Waals surface area contributed by atoms with Gasteiger partial charge in [-0.1, -0.05) is 11.6 Å². The molecular weight excluding hydrogens is 268 g/mol. The van der Waals surface area contributed by atoms with E-state index in [4.69, 9.17) is 26.8 Å². The third-order valence-corrected chi connectivity index (χ3v) is 3.65. The van der Waals surface area contributed by atoms with Gasteiger partial charge in [0.2, 0.25) is 0 Å². The summed E-state index contributed by atoms with van der Waals surface area (Å²) in [6, 6.07) is 3.58. The Morgan fingerprint density at radius 3 is 2.74 bits per heavy atom. The van der Waals surface area contributed by atoms with Crippen LogP contribution in [0.2, 0.25) is 5.02 Å². The zero-order valence-corrected chi connectivity index (χ0v) is 11.7. The Balaban J connectivity index is 2.29. The normalized spacial score (nSPS) is 18.3. The number of nitrogens with zero attached hydrogens (tertiary/aromatic N) is 1. The molecule has 1 fully saturated rings. The van der Waals surface area contributed by atoms with Gasteiger partial charge in [0.25, 0.3) is 0 Å². The molecule has 1 aliphatic heterocycles. The molecule has 1 heterocycles. The maximum absolute atomic E-state index is 9.77. The minimum absolute atomic E-state index is 0.0364. The number of aromatic hydroxyl groups is 1. The fourth-order valence-electron chi connectivity index (χ4n) is 2.33. The number of ether oxygens (including phenoxy) is 2. The molecular formula is C13H19ClN2O3. The number of morpholine rings is 1. The van der Waals surface area contributed by atoms with Crippen LogP contribution in [-0.2, 0) is 4.74 Å². The predicted octanol–water partition coefficient (Wildman–Crippen LogP) is 1.39. The second-order valence-electron chi connectivity index (χ2n) is 4.45. The van der Waals surface area contributed by atoms with Crippen molar-refractivity contribution in [3.8, 4) is 11.5 Å². The fraction of sp³-hybridized carbons (Fsp3) is 0.538. The summed E-state index contributed by atoms with van der Waals surface area (Å²) < 4.78 is 10.5. The lowest BCUT2D eigenvalue weighted by atomic mass is 10.0. The highest BCUT2D eigenvalue weighted by Crippen LogP contribution is 2.37. The van der Waals surface area contributed by atoms with E-state index in [-0.39, 0.29) is 16.8 Å². The van der Waals surface area contributed by atoms with Crippen LogP contribution in [0.15, 0.2) is 12.1 Å². The molecule has 6 heteroatoms. The summed E-state index contributed by atoms with van der Waals surface area (Å²) in [6.07, 6.45) is 0. The zero-order chi connectivity index (χ0) is 13.8. The first kappa shape index (κ1) is 14.4. The topological polar surface area (TPSA) is 68.0 Å². The lowest BCUT2D eigenvalue weighted by Gasteiger charge is -2.34. The molecule has 2 rings (SSSR count). The molecule has 0 saturated carbocycles. The van der Waals surface area contributed by atoms with Crippen LogP contribution in [0.5, 0.6) is 11.5 Å². The summed E-state index contributed by atoms with van der Waals surface area (Å²) in [5.74, 6) is 0.333. The Hall–Kier alpha value is -1.01. The molecule has 0 bridgehead atoms. The third kappa shape index (κ3) is 3.12. The Labute approximate surface area is 117 Å². The van der Waals surface area contributed by atoms with Crippen molar-refractivity contribution < 1.29 is 14.6 Å². The van der Waals surface area contributed by atoms with Crippen molar-refractivity contribution in [3.05, 3.63) is 22.7 Å². The van der Waals surface area contributed by atoms with Crippen molar-refractivity contribution in [2.75, 3.05) is 40.0 Å². The van der Waals surface area contributed by atoms with Crippen LogP contribution >= 0.6 is 11.6 Å². The Morgan fingerprint density at radius 2 is 2.16 bits per heavy atom. The molecule has 3 N–H and O–H groups in total. The standard InChI is InChI=1S/C13H19ClN2O3/c1-18-12-7-9(6-10(14)13(12)17)11(8-15)16-2-4-19-5-3-16/h6-7,11,17H,2-5,8,15H2,1H3. The van der Waals surface area contributed by atoms with E-state index in [9.17, 15) is 5.11 Å². The largest absolute Gasteiger partial charge is 0.503 e. The van der Waals surface area contributed by atoms with Gasteiger partial charge in [-0.25, -0.2) is 0 Å². The minimum atomic E-state index is -0.0364. The highest BCUT2D eigenvalue weighted by Gasteiger charge is 2.23. The molecule has 0 aromatic heterocycles. The monoisotopic (exact) mass is 286 g/mol. The van der Waals surface area contributed by atoms with Crippen molar-refractivity contribution in [3.63, 3.8) is 0 Å². The van der Waals surface area contributed by atoms with Gasteiger partial charge in [-0.05, 0) is 17.7 Å². The van der Waals surface area contributed by atoms with Crippen molar-refractivity contribution in [2.45, 2.75) is 6.04 Å². The number of rotatable bonds is 4. The van der Waals surface area contributed by atoms with Crippen molar-refractivity contribution in [1.82, 2.24) is 4.90 Å². The van der Waals surface area contributed by atoms with Gasteiger partial charge in [-0.2, -0.15) is 0 Å². The number of methoxy groups -OCH3 is 1. The van der Waals surface area contributed by atoms with Crippen LogP contribution in [-0.4, -0.2) is 50.0 Å². The maximum Gasteiger partial charge on any atom is 0.176 e. The van der Waals surface area contributed by atoms with Gasteiger partial charge < -0.3 is 20.3 Å². The lowest BCUT2D eigenvalue weighted by Crippen LogP contribution is -2.41. The molecule has 0 spiro atoms. The summed E-state index contributed by atoms with van der Waals surface area (Å²) in [5.41, 5.74) is 6.83. The van der Waals surface area contributed by atoms with Gasteiger partial charge in [-0.15, -0.1) is 0 Å². The Kier molecular flexibility index (Phi) is 4.87. The number of benzene rings is 1. The minimum Gasteiger partial charge on any atom is -0.503 e. The number of hydrogen-bond acceptors (Lipinski definition) is 5. The first-order valence-electron chi connectivity index (χ1n) is 6.25. The number of nitrogens with two attached hydrogens (primary N) is 1. The summed E-state index contributed by atoms with van der Waals surface area (Å²) >= 11 is 6.02. The summed E-state index contributed by atoms with van der Waals surface area (Å²) in [5, 5.41) is 10.0. The Bertz CT molecular complexity index is 436. The molecule has 0 radical (unpaired) electrons. The predicted molar refractivity (Wildman–Crippen MR) is 73.9 cm³/mol. The van der Waals surface area contributed by atoms with Crippen molar-refractivity contribution >= 4 is 11.6 Å². The van der Waals surface area contributed by atoms with Gasteiger partial charge in [-0.3, -0.25) is 4.90 Å². The smallest absolute Gasteiger partial charge is 0.176 e. The summed E-state index contributed by atoms with van der Waals surface area (Å²) in [4.78, 5) is 2.26. The van der Waals surface area contributed by atoms with Crippen molar-refractivity contribution in [1.29, 1.82) is 0 Å². The molecule has 1 atom stereocenters. The van der Waals surface area contributed by atoms with E-state index in [2.05, 4.69) is 4.90 Å². The first-order chi connectivity index (χ1) is 9.17. The molecule has 106 valence electrons. The number of phenols is 1. The van der Waals surface area contributed by atoms with Crippen LogP contribution in [0.25, 0.3) is 0 Å². The zero-order valence-electron chi connectivity index (χ0n) is 10.9. The molecule has 19 heavy (non-hydrogen) atoms. The van der Waals surface area contributed by atoms with Crippen LogP contribution in [0.1, 0.15) is 11.6 Å².